The molecule has 0 bridgehead atoms. The normalized spacial score (nSPS) is 10.7. The zero-order valence-electron chi connectivity index (χ0n) is 12.2. The van der Waals surface area contributed by atoms with Crippen molar-refractivity contribution in [3.63, 3.8) is 0 Å². The second-order valence-corrected chi connectivity index (χ2v) is 4.81. The summed E-state index contributed by atoms with van der Waals surface area (Å²) in [6.07, 6.45) is 6.42. The molecule has 20 heavy (non-hydrogen) atoms. The van der Waals surface area contributed by atoms with E-state index in [2.05, 4.69) is 11.9 Å². The van der Waals surface area contributed by atoms with Crippen LogP contribution in [0.15, 0.2) is 24.4 Å². The van der Waals surface area contributed by atoms with Gasteiger partial charge in [-0.15, -0.1) is 0 Å². The standard InChI is InChI=1S/C16H22N2O2/c1-3-4-5-6-10-20-16-12-8-7-9-18-15(12)13(17)11-14(16)19-2/h7-9,11H,3-6,10,17H2,1-2H3. The molecule has 1 aromatic heterocycles. The fraction of sp³-hybridized carbons (Fsp3) is 0.438. The number of nitrogens with zero attached hydrogens (tertiary/aromatic N) is 1. The maximum Gasteiger partial charge on any atom is 0.170 e. The second kappa shape index (κ2) is 6.98. The van der Waals surface area contributed by atoms with Crippen LogP contribution in [0.4, 0.5) is 5.69 Å². The molecule has 1 heterocycles. The van der Waals surface area contributed by atoms with Crippen LogP contribution in [0.1, 0.15) is 32.6 Å². The summed E-state index contributed by atoms with van der Waals surface area (Å²) < 4.78 is 11.3. The number of hydrogen-bond acceptors (Lipinski definition) is 4. The Morgan fingerprint density at radius 1 is 1.25 bits per heavy atom. The molecule has 0 atom stereocenters. The quantitative estimate of drug-likeness (QED) is 0.616. The molecule has 108 valence electrons. The molecule has 1 aromatic carbocycles. The van der Waals surface area contributed by atoms with Crippen LogP contribution in [0, 0.1) is 0 Å². The van der Waals surface area contributed by atoms with Crippen molar-refractivity contribution in [2.45, 2.75) is 32.6 Å². The zero-order valence-corrected chi connectivity index (χ0v) is 12.2. The van der Waals surface area contributed by atoms with E-state index in [1.54, 1.807) is 19.4 Å². The number of anilines is 1. The number of rotatable bonds is 7. The first kappa shape index (κ1) is 14.4. The van der Waals surface area contributed by atoms with Gasteiger partial charge in [-0.05, 0) is 18.6 Å². The average molecular weight is 274 g/mol. The number of unbranched alkanes of at least 4 members (excludes halogenated alkanes) is 3. The topological polar surface area (TPSA) is 57.4 Å². The number of fused-ring (bicyclic) bond motifs is 1. The molecule has 0 aliphatic heterocycles. The lowest BCUT2D eigenvalue weighted by Crippen LogP contribution is -2.02. The molecule has 0 spiro atoms. The molecule has 0 saturated carbocycles. The van der Waals surface area contributed by atoms with Gasteiger partial charge in [-0.2, -0.15) is 0 Å². The average Bonchev–Trinajstić information content (AvgIpc) is 2.49. The smallest absolute Gasteiger partial charge is 0.170 e. The Hall–Kier alpha value is -1.97. The predicted molar refractivity (Wildman–Crippen MR) is 82.3 cm³/mol. The molecule has 0 saturated heterocycles. The van der Waals surface area contributed by atoms with Crippen molar-refractivity contribution in [3.05, 3.63) is 24.4 Å². The van der Waals surface area contributed by atoms with Crippen LogP contribution in [0.5, 0.6) is 11.5 Å². The van der Waals surface area contributed by atoms with E-state index in [1.807, 2.05) is 12.1 Å². The van der Waals surface area contributed by atoms with Crippen molar-refractivity contribution in [2.24, 2.45) is 0 Å². The number of pyridine rings is 1. The fourth-order valence-electron chi connectivity index (χ4n) is 2.23. The van der Waals surface area contributed by atoms with Crippen molar-refractivity contribution in [3.8, 4) is 11.5 Å². The van der Waals surface area contributed by atoms with Gasteiger partial charge in [-0.25, -0.2) is 0 Å². The monoisotopic (exact) mass is 274 g/mol. The minimum absolute atomic E-state index is 0.607. The first-order valence-corrected chi connectivity index (χ1v) is 7.12. The molecular formula is C16H22N2O2. The summed E-state index contributed by atoms with van der Waals surface area (Å²) in [5, 5.41) is 0.903. The van der Waals surface area contributed by atoms with Gasteiger partial charge in [0, 0.05) is 17.6 Å². The van der Waals surface area contributed by atoms with Gasteiger partial charge in [0.15, 0.2) is 11.5 Å². The molecule has 2 aromatic rings. The number of nitrogen functional groups attached to an aromatic ring is 1. The van der Waals surface area contributed by atoms with Gasteiger partial charge in [0.05, 0.1) is 24.9 Å². The van der Waals surface area contributed by atoms with Crippen molar-refractivity contribution >= 4 is 16.6 Å². The highest BCUT2D eigenvalue weighted by atomic mass is 16.5. The summed E-state index contributed by atoms with van der Waals surface area (Å²) in [6.45, 7) is 2.88. The third kappa shape index (κ3) is 3.13. The van der Waals surface area contributed by atoms with Gasteiger partial charge in [0.25, 0.3) is 0 Å². The van der Waals surface area contributed by atoms with Crippen molar-refractivity contribution in [2.75, 3.05) is 19.5 Å². The molecule has 0 aliphatic rings. The van der Waals surface area contributed by atoms with Crippen molar-refractivity contribution in [1.82, 2.24) is 4.98 Å². The van der Waals surface area contributed by atoms with E-state index in [0.717, 1.165) is 23.1 Å². The Balaban J connectivity index is 2.23. The predicted octanol–water partition coefficient (Wildman–Crippen LogP) is 3.78. The van der Waals surface area contributed by atoms with E-state index >= 15 is 0 Å². The zero-order chi connectivity index (χ0) is 14.4. The Morgan fingerprint density at radius 2 is 2.10 bits per heavy atom. The minimum atomic E-state index is 0.607. The van der Waals surface area contributed by atoms with E-state index in [9.17, 15) is 0 Å². The number of ether oxygens (including phenoxy) is 2. The van der Waals surface area contributed by atoms with E-state index in [1.165, 1.54) is 19.3 Å². The highest BCUT2D eigenvalue weighted by molar-refractivity contribution is 5.96. The van der Waals surface area contributed by atoms with E-state index in [-0.39, 0.29) is 0 Å². The molecule has 2 N–H and O–H groups in total. The summed E-state index contributed by atoms with van der Waals surface area (Å²) in [4.78, 5) is 4.31. The third-order valence-corrected chi connectivity index (χ3v) is 3.30. The number of methoxy groups -OCH3 is 1. The van der Waals surface area contributed by atoms with Gasteiger partial charge < -0.3 is 15.2 Å². The van der Waals surface area contributed by atoms with Crippen molar-refractivity contribution in [1.29, 1.82) is 0 Å². The largest absolute Gasteiger partial charge is 0.493 e. The first-order chi connectivity index (χ1) is 9.77. The maximum absolute atomic E-state index is 6.00. The summed E-state index contributed by atoms with van der Waals surface area (Å²) in [6, 6.07) is 5.62. The van der Waals surface area contributed by atoms with Crippen LogP contribution < -0.4 is 15.2 Å². The third-order valence-electron chi connectivity index (χ3n) is 3.30. The van der Waals surface area contributed by atoms with Crippen LogP contribution in [0.3, 0.4) is 0 Å². The van der Waals surface area contributed by atoms with E-state index < -0.39 is 0 Å². The minimum Gasteiger partial charge on any atom is -0.493 e. The molecule has 4 nitrogen and oxygen atoms in total. The van der Waals surface area contributed by atoms with Gasteiger partial charge in [0.1, 0.15) is 0 Å². The highest BCUT2D eigenvalue weighted by Crippen LogP contribution is 2.38. The molecule has 4 heteroatoms. The molecule has 0 unspecified atom stereocenters. The van der Waals surface area contributed by atoms with Crippen LogP contribution in [0.2, 0.25) is 0 Å². The van der Waals surface area contributed by atoms with Crippen LogP contribution in [0.25, 0.3) is 10.9 Å². The molecule has 0 amide bonds. The number of aromatic nitrogens is 1. The summed E-state index contributed by atoms with van der Waals surface area (Å²) >= 11 is 0. The van der Waals surface area contributed by atoms with E-state index in [4.69, 9.17) is 15.2 Å². The van der Waals surface area contributed by atoms with Gasteiger partial charge >= 0.3 is 0 Å². The Labute approximate surface area is 119 Å². The summed E-state index contributed by atoms with van der Waals surface area (Å²) in [5.74, 6) is 1.40. The fourth-order valence-corrected chi connectivity index (χ4v) is 2.23. The van der Waals surface area contributed by atoms with Crippen molar-refractivity contribution < 1.29 is 9.47 Å². The molecule has 2 rings (SSSR count). The summed E-state index contributed by atoms with van der Waals surface area (Å²) in [5.41, 5.74) is 7.37. The van der Waals surface area contributed by atoms with E-state index in [0.29, 0.717) is 18.0 Å². The molecular weight excluding hydrogens is 252 g/mol. The Bertz CT molecular complexity index is 570. The van der Waals surface area contributed by atoms with Crippen LogP contribution in [-0.2, 0) is 0 Å². The lowest BCUT2D eigenvalue weighted by atomic mass is 10.1. The van der Waals surface area contributed by atoms with Gasteiger partial charge in [-0.1, -0.05) is 26.2 Å². The number of benzene rings is 1. The molecule has 0 aliphatic carbocycles. The van der Waals surface area contributed by atoms with Gasteiger partial charge in [0.2, 0.25) is 0 Å². The maximum atomic E-state index is 6.00. The molecule has 0 fully saturated rings. The number of hydrogen-bond donors (Lipinski definition) is 1. The Kier molecular flexibility index (Phi) is 5.04. The first-order valence-electron chi connectivity index (χ1n) is 7.12. The highest BCUT2D eigenvalue weighted by Gasteiger charge is 2.13. The summed E-state index contributed by atoms with van der Waals surface area (Å²) in [7, 11) is 1.63. The Morgan fingerprint density at radius 3 is 2.85 bits per heavy atom. The van der Waals surface area contributed by atoms with Crippen LogP contribution >= 0.6 is 0 Å². The second-order valence-electron chi connectivity index (χ2n) is 4.81. The van der Waals surface area contributed by atoms with Crippen LogP contribution in [-0.4, -0.2) is 18.7 Å². The SMILES string of the molecule is CCCCCCOc1c(OC)cc(N)c2ncccc12. The van der Waals surface area contributed by atoms with Gasteiger partial charge in [-0.3, -0.25) is 4.98 Å². The molecule has 0 radical (unpaired) electrons. The lowest BCUT2D eigenvalue weighted by Gasteiger charge is -2.14. The lowest BCUT2D eigenvalue weighted by molar-refractivity contribution is 0.289. The number of nitrogens with two attached hydrogens (primary N) is 1.